The van der Waals surface area contributed by atoms with E-state index in [9.17, 15) is 0 Å². The third-order valence-corrected chi connectivity index (χ3v) is 10.9. The first-order chi connectivity index (χ1) is 16.0. The SMILES string of the molecule is C=C1CCCCC1(CB1OC(C)(C)C(C)(C)O1)C(O[Si](C)(C)c1ccccc1)c1ccccc1. The minimum atomic E-state index is -2.22. The van der Waals surface area contributed by atoms with Crippen molar-refractivity contribution in [2.45, 2.75) is 90.1 Å². The van der Waals surface area contributed by atoms with E-state index in [1.54, 1.807) is 0 Å². The van der Waals surface area contributed by atoms with Crippen LogP contribution < -0.4 is 5.19 Å². The Morgan fingerprint density at radius 1 is 0.912 bits per heavy atom. The average Bonchev–Trinajstić information content (AvgIpc) is 3.00. The van der Waals surface area contributed by atoms with Crippen LogP contribution in [0.15, 0.2) is 72.8 Å². The molecule has 2 aliphatic rings. The van der Waals surface area contributed by atoms with Crippen molar-refractivity contribution in [1.82, 2.24) is 0 Å². The predicted octanol–water partition coefficient (Wildman–Crippen LogP) is 7.07. The van der Waals surface area contributed by atoms with Crippen LogP contribution in [0.1, 0.15) is 65.0 Å². The van der Waals surface area contributed by atoms with Crippen molar-refractivity contribution in [3.05, 3.63) is 78.4 Å². The fraction of sp³-hybridized carbons (Fsp3) is 0.517. The van der Waals surface area contributed by atoms with Gasteiger partial charge in [-0.3, -0.25) is 0 Å². The Labute approximate surface area is 208 Å². The second-order valence-electron chi connectivity index (χ2n) is 11.6. The van der Waals surface area contributed by atoms with Crippen molar-refractivity contribution >= 4 is 20.6 Å². The summed E-state index contributed by atoms with van der Waals surface area (Å²) in [5, 5.41) is 1.31. The second-order valence-corrected chi connectivity index (χ2v) is 15.5. The van der Waals surface area contributed by atoms with Crippen molar-refractivity contribution < 1.29 is 13.7 Å². The van der Waals surface area contributed by atoms with Gasteiger partial charge in [-0.2, -0.15) is 0 Å². The fourth-order valence-corrected chi connectivity index (χ4v) is 7.63. The summed E-state index contributed by atoms with van der Waals surface area (Å²) < 4.78 is 20.4. The van der Waals surface area contributed by atoms with Crippen LogP contribution in [0.3, 0.4) is 0 Å². The van der Waals surface area contributed by atoms with Gasteiger partial charge in [0.2, 0.25) is 8.32 Å². The molecular formula is C29H41BO3Si. The molecule has 0 spiro atoms. The summed E-state index contributed by atoms with van der Waals surface area (Å²) in [6.45, 7) is 17.8. The molecule has 5 heteroatoms. The van der Waals surface area contributed by atoms with Crippen LogP contribution in [0.2, 0.25) is 19.4 Å². The molecule has 3 nitrogen and oxygen atoms in total. The lowest BCUT2D eigenvalue weighted by Crippen LogP contribution is -2.50. The zero-order chi connectivity index (χ0) is 24.6. The lowest BCUT2D eigenvalue weighted by Gasteiger charge is -2.48. The zero-order valence-electron chi connectivity index (χ0n) is 21.9. The molecule has 0 radical (unpaired) electrons. The number of benzene rings is 2. The molecular weight excluding hydrogens is 435 g/mol. The Hall–Kier alpha value is -1.66. The number of hydrogen-bond donors (Lipinski definition) is 0. The maximum absolute atomic E-state index is 7.30. The van der Waals surface area contributed by atoms with Gasteiger partial charge in [-0.25, -0.2) is 0 Å². The van der Waals surface area contributed by atoms with Crippen LogP contribution in [-0.4, -0.2) is 26.6 Å². The van der Waals surface area contributed by atoms with Crippen molar-refractivity contribution in [3.8, 4) is 0 Å². The first-order valence-corrected chi connectivity index (χ1v) is 15.7. The van der Waals surface area contributed by atoms with E-state index in [4.69, 9.17) is 13.7 Å². The Morgan fingerprint density at radius 3 is 2.03 bits per heavy atom. The fourth-order valence-electron chi connectivity index (χ4n) is 5.55. The van der Waals surface area contributed by atoms with E-state index in [0.29, 0.717) is 0 Å². The van der Waals surface area contributed by atoms with E-state index in [2.05, 4.69) is 108 Å². The van der Waals surface area contributed by atoms with E-state index < -0.39 is 8.32 Å². The Bertz CT molecular complexity index is 973. The quantitative estimate of drug-likeness (QED) is 0.316. The van der Waals surface area contributed by atoms with Crippen LogP contribution >= 0.6 is 0 Å². The highest BCUT2D eigenvalue weighted by atomic mass is 28.4. The van der Waals surface area contributed by atoms with E-state index in [1.165, 1.54) is 29.2 Å². The van der Waals surface area contributed by atoms with E-state index >= 15 is 0 Å². The van der Waals surface area contributed by atoms with Gasteiger partial charge >= 0.3 is 7.12 Å². The third-order valence-electron chi connectivity index (χ3n) is 8.37. The van der Waals surface area contributed by atoms with Gasteiger partial charge in [0.15, 0.2) is 0 Å². The van der Waals surface area contributed by atoms with E-state index in [-0.39, 0.29) is 29.8 Å². The van der Waals surface area contributed by atoms with Gasteiger partial charge in [-0.05, 0) is 77.1 Å². The van der Waals surface area contributed by atoms with Crippen molar-refractivity contribution in [2.24, 2.45) is 5.41 Å². The predicted molar refractivity (Wildman–Crippen MR) is 145 cm³/mol. The molecule has 1 saturated carbocycles. The van der Waals surface area contributed by atoms with Gasteiger partial charge in [0.1, 0.15) is 0 Å². The maximum atomic E-state index is 7.30. The van der Waals surface area contributed by atoms with Crippen LogP contribution in [0.25, 0.3) is 0 Å². The maximum Gasteiger partial charge on any atom is 0.458 e. The molecule has 2 aromatic rings. The van der Waals surface area contributed by atoms with Gasteiger partial charge in [0.25, 0.3) is 0 Å². The third kappa shape index (κ3) is 4.86. The summed E-state index contributed by atoms with van der Waals surface area (Å²) in [7, 11) is -2.50. The molecule has 1 heterocycles. The minimum absolute atomic E-state index is 0.0950. The highest BCUT2D eigenvalue weighted by Crippen LogP contribution is 2.56. The smallest absolute Gasteiger partial charge is 0.405 e. The Kier molecular flexibility index (Phi) is 7.05. The van der Waals surface area contributed by atoms with E-state index in [1.807, 2.05) is 0 Å². The molecule has 0 N–H and O–H groups in total. The van der Waals surface area contributed by atoms with Crippen LogP contribution in [0.4, 0.5) is 0 Å². The Morgan fingerprint density at radius 2 is 1.47 bits per heavy atom. The monoisotopic (exact) mass is 476 g/mol. The van der Waals surface area contributed by atoms with Crippen LogP contribution in [-0.2, 0) is 13.7 Å². The first kappa shape index (κ1) is 25.4. The molecule has 2 atom stereocenters. The summed E-state index contributed by atoms with van der Waals surface area (Å²) in [5.74, 6) is 0. The molecule has 1 saturated heterocycles. The molecule has 2 fully saturated rings. The Balaban J connectivity index is 1.76. The number of rotatable bonds is 7. The summed E-state index contributed by atoms with van der Waals surface area (Å²) in [4.78, 5) is 0. The average molecular weight is 477 g/mol. The molecule has 34 heavy (non-hydrogen) atoms. The summed E-state index contributed by atoms with van der Waals surface area (Å²) in [5.41, 5.74) is 1.56. The van der Waals surface area contributed by atoms with Crippen LogP contribution in [0.5, 0.6) is 0 Å². The molecule has 2 unspecified atom stereocenters. The molecule has 4 rings (SSSR count). The van der Waals surface area contributed by atoms with Gasteiger partial charge in [-0.1, -0.05) is 79.2 Å². The highest BCUT2D eigenvalue weighted by molar-refractivity contribution is 6.84. The molecule has 182 valence electrons. The minimum Gasteiger partial charge on any atom is -0.405 e. The normalized spacial score (nSPS) is 25.4. The summed E-state index contributed by atoms with van der Waals surface area (Å²) in [6.07, 6.45) is 5.08. The second kappa shape index (κ2) is 9.42. The number of hydrogen-bond acceptors (Lipinski definition) is 3. The molecule has 0 amide bonds. The molecule has 2 aromatic carbocycles. The van der Waals surface area contributed by atoms with Crippen molar-refractivity contribution in [3.63, 3.8) is 0 Å². The largest absolute Gasteiger partial charge is 0.458 e. The summed E-state index contributed by atoms with van der Waals surface area (Å²) in [6, 6.07) is 21.5. The molecule has 1 aliphatic carbocycles. The molecule has 0 aromatic heterocycles. The van der Waals surface area contributed by atoms with Gasteiger partial charge in [0.05, 0.1) is 17.3 Å². The lowest BCUT2D eigenvalue weighted by molar-refractivity contribution is 0.00578. The topological polar surface area (TPSA) is 27.7 Å². The van der Waals surface area contributed by atoms with Gasteiger partial charge < -0.3 is 13.7 Å². The van der Waals surface area contributed by atoms with E-state index in [0.717, 1.165) is 19.2 Å². The standard InChI is InChI=1S/C29H41BO3Si/c1-23-16-14-15-21-29(23,22-30-32-27(2,3)28(4,5)33-30)26(24-17-10-8-11-18-24)31-34(6,7)25-19-12-9-13-20-25/h8-13,17-20,26H,1,14-16,21-22H2,2-7H3. The lowest BCUT2D eigenvalue weighted by atomic mass is 9.56. The molecule has 0 bridgehead atoms. The van der Waals surface area contributed by atoms with Crippen molar-refractivity contribution in [2.75, 3.05) is 0 Å². The van der Waals surface area contributed by atoms with Gasteiger partial charge in [0, 0.05) is 5.41 Å². The zero-order valence-corrected chi connectivity index (χ0v) is 22.9. The molecule has 1 aliphatic heterocycles. The first-order valence-electron chi connectivity index (χ1n) is 12.8. The summed E-state index contributed by atoms with van der Waals surface area (Å²) >= 11 is 0. The van der Waals surface area contributed by atoms with Crippen LogP contribution in [0, 0.1) is 5.41 Å². The van der Waals surface area contributed by atoms with Gasteiger partial charge in [-0.15, -0.1) is 0 Å². The van der Waals surface area contributed by atoms with Crippen molar-refractivity contribution in [1.29, 1.82) is 0 Å². The highest BCUT2D eigenvalue weighted by Gasteiger charge is 2.56.